The number of nitrogens with zero attached hydrogens (tertiary/aromatic N) is 8. The summed E-state index contributed by atoms with van der Waals surface area (Å²) in [6, 6.07) is 5.58. The first-order valence-corrected chi connectivity index (χ1v) is 13.2. The Morgan fingerprint density at radius 3 is 2.54 bits per heavy atom. The lowest BCUT2D eigenvalue weighted by molar-refractivity contribution is -0.148. The summed E-state index contributed by atoms with van der Waals surface area (Å²) in [7, 11) is 3.37. The zero-order chi connectivity index (χ0) is 29.0. The van der Waals surface area contributed by atoms with Crippen LogP contribution in [0.2, 0.25) is 0 Å². The van der Waals surface area contributed by atoms with Gasteiger partial charge in [0, 0.05) is 44.9 Å². The van der Waals surface area contributed by atoms with E-state index in [9.17, 15) is 14.5 Å². The van der Waals surface area contributed by atoms with Gasteiger partial charge in [-0.3, -0.25) is 9.48 Å². The zero-order valence-electron chi connectivity index (χ0n) is 23.0. The molecule has 212 valence electrons. The summed E-state index contributed by atoms with van der Waals surface area (Å²) in [5.41, 5.74) is 1.66. The fourth-order valence-electron chi connectivity index (χ4n) is 5.09. The highest BCUT2D eigenvalue weighted by Crippen LogP contribution is 2.41. The fraction of sp³-hybridized carbons (Fsp3) is 0.357. The van der Waals surface area contributed by atoms with Gasteiger partial charge in [0.25, 0.3) is 5.91 Å². The Morgan fingerprint density at radius 2 is 1.93 bits per heavy atom. The number of rotatable bonds is 8. The van der Waals surface area contributed by atoms with Gasteiger partial charge in [-0.1, -0.05) is 10.5 Å². The molecule has 1 fully saturated rings. The third-order valence-electron chi connectivity index (χ3n) is 7.51. The Morgan fingerprint density at radius 1 is 1.17 bits per heavy atom. The summed E-state index contributed by atoms with van der Waals surface area (Å²) in [6.07, 6.45) is 14.6. The number of hydrogen-bond acceptors (Lipinski definition) is 10. The molecule has 3 aromatic heterocycles. The van der Waals surface area contributed by atoms with Crippen LogP contribution >= 0.6 is 0 Å². The van der Waals surface area contributed by atoms with E-state index >= 15 is 0 Å². The third kappa shape index (κ3) is 6.02. The predicted molar refractivity (Wildman–Crippen MR) is 149 cm³/mol. The Labute approximate surface area is 237 Å². The maximum atomic E-state index is 13.5. The van der Waals surface area contributed by atoms with Crippen molar-refractivity contribution in [1.82, 2.24) is 35.2 Å². The second-order valence-corrected chi connectivity index (χ2v) is 10.1. The molecular formula is C28H31FN10O2. The first-order chi connectivity index (χ1) is 19.8. The first kappa shape index (κ1) is 27.7. The van der Waals surface area contributed by atoms with Gasteiger partial charge < -0.3 is 20.3 Å². The SMILES string of the molecule is COC1(C(=O)N[C@@H](C)c2ccc(N3C=CN(F)C=C3)nc2)CCC(c2nc(Nc3cnn(C)c3)ncc2C#N)CC1. The van der Waals surface area contributed by atoms with Crippen LogP contribution in [-0.4, -0.2) is 48.5 Å². The normalized spacial score (nSPS) is 20.9. The van der Waals surface area contributed by atoms with Gasteiger partial charge in [-0.15, -0.1) is 0 Å². The number of carbonyl (C=O) groups is 1. The highest BCUT2D eigenvalue weighted by molar-refractivity contribution is 5.85. The molecular weight excluding hydrogens is 527 g/mol. The van der Waals surface area contributed by atoms with Gasteiger partial charge in [0.2, 0.25) is 5.95 Å². The first-order valence-electron chi connectivity index (χ1n) is 13.2. The molecule has 3 aromatic rings. The van der Waals surface area contributed by atoms with Crippen molar-refractivity contribution in [3.8, 4) is 6.07 Å². The number of pyridine rings is 1. The number of anilines is 3. The molecule has 2 N–H and O–H groups in total. The van der Waals surface area contributed by atoms with E-state index in [4.69, 9.17) is 4.74 Å². The monoisotopic (exact) mass is 558 g/mol. The topological polar surface area (TPSA) is 137 Å². The van der Waals surface area contributed by atoms with Gasteiger partial charge in [0.1, 0.15) is 17.5 Å². The molecule has 0 aromatic carbocycles. The van der Waals surface area contributed by atoms with E-state index in [0.717, 1.165) is 11.3 Å². The molecule has 0 saturated heterocycles. The summed E-state index contributed by atoms with van der Waals surface area (Å²) in [5, 5.41) is 20.5. The molecule has 0 unspecified atom stereocenters. The van der Waals surface area contributed by atoms with E-state index in [1.54, 1.807) is 41.5 Å². The number of ether oxygens (including phenoxy) is 1. The Bertz CT molecular complexity index is 1470. The van der Waals surface area contributed by atoms with E-state index in [1.807, 2.05) is 32.3 Å². The minimum atomic E-state index is -0.990. The van der Waals surface area contributed by atoms with Crippen LogP contribution in [0.5, 0.6) is 0 Å². The Hall–Kier alpha value is -4.83. The molecule has 2 aliphatic rings. The van der Waals surface area contributed by atoms with Crippen molar-refractivity contribution in [2.24, 2.45) is 7.05 Å². The van der Waals surface area contributed by atoms with Crippen molar-refractivity contribution >= 4 is 23.4 Å². The lowest BCUT2D eigenvalue weighted by atomic mass is 9.76. The maximum Gasteiger partial charge on any atom is 0.252 e. The van der Waals surface area contributed by atoms with E-state index < -0.39 is 5.60 Å². The quantitative estimate of drug-likeness (QED) is 0.389. The Balaban J connectivity index is 1.23. The number of nitriles is 1. The average molecular weight is 559 g/mol. The fourth-order valence-corrected chi connectivity index (χ4v) is 5.09. The third-order valence-corrected chi connectivity index (χ3v) is 7.51. The van der Waals surface area contributed by atoms with Crippen molar-refractivity contribution in [3.63, 3.8) is 0 Å². The molecule has 12 nitrogen and oxygen atoms in total. The van der Waals surface area contributed by atoms with Gasteiger partial charge in [0.05, 0.1) is 47.8 Å². The van der Waals surface area contributed by atoms with Crippen LogP contribution in [0, 0.1) is 11.3 Å². The number of hydrogen-bond donors (Lipinski definition) is 2. The second kappa shape index (κ2) is 11.7. The molecule has 41 heavy (non-hydrogen) atoms. The van der Waals surface area contributed by atoms with Crippen molar-refractivity contribution in [2.45, 2.75) is 50.2 Å². The van der Waals surface area contributed by atoms with Crippen LogP contribution in [0.4, 0.5) is 21.9 Å². The molecule has 4 heterocycles. The van der Waals surface area contributed by atoms with Crippen LogP contribution < -0.4 is 15.5 Å². The summed E-state index contributed by atoms with van der Waals surface area (Å²) in [4.78, 5) is 28.6. The summed E-state index contributed by atoms with van der Waals surface area (Å²) < 4.78 is 20.6. The van der Waals surface area contributed by atoms with Crippen molar-refractivity contribution in [2.75, 3.05) is 17.3 Å². The molecule has 1 atom stereocenters. The second-order valence-electron chi connectivity index (χ2n) is 10.1. The molecule has 0 radical (unpaired) electrons. The smallest absolute Gasteiger partial charge is 0.252 e. The number of carbonyl (C=O) groups excluding carboxylic acids is 1. The minimum Gasteiger partial charge on any atom is -0.368 e. The molecule has 1 saturated carbocycles. The van der Waals surface area contributed by atoms with Crippen molar-refractivity contribution in [3.05, 3.63) is 78.5 Å². The number of aryl methyl sites for hydroxylation is 1. The summed E-state index contributed by atoms with van der Waals surface area (Å²) in [6.45, 7) is 1.89. The van der Waals surface area contributed by atoms with Crippen LogP contribution in [0.1, 0.15) is 61.4 Å². The molecule has 13 heteroatoms. The van der Waals surface area contributed by atoms with E-state index in [0.29, 0.717) is 53.8 Å². The summed E-state index contributed by atoms with van der Waals surface area (Å²) >= 11 is 0. The number of amides is 1. The molecule has 0 spiro atoms. The summed E-state index contributed by atoms with van der Waals surface area (Å²) in [5.74, 6) is 0.801. The highest BCUT2D eigenvalue weighted by atomic mass is 19.2. The molecule has 5 rings (SSSR count). The van der Waals surface area contributed by atoms with Gasteiger partial charge in [-0.05, 0) is 44.2 Å². The van der Waals surface area contributed by atoms with E-state index in [2.05, 4.69) is 36.8 Å². The molecule has 1 aliphatic heterocycles. The number of aromatic nitrogens is 5. The predicted octanol–water partition coefficient (Wildman–Crippen LogP) is 4.09. The standard InChI is InChI=1S/C28H31FN10O2/c1-19(21-4-5-24(31-15-21)38-10-12-39(29)13-11-38)34-26(40)28(41-3)8-6-20(7-9-28)25-22(14-30)16-32-27(36-25)35-23-17-33-37(2)18-23/h4-5,10-13,15-20H,6-9H2,1-3H3,(H,34,40)(H,32,35,36)/t19-,20?,28?/m0/s1. The Kier molecular flexibility index (Phi) is 7.93. The van der Waals surface area contributed by atoms with Crippen LogP contribution in [0.3, 0.4) is 0 Å². The molecule has 1 amide bonds. The van der Waals surface area contributed by atoms with Gasteiger partial charge in [0.15, 0.2) is 0 Å². The largest absolute Gasteiger partial charge is 0.368 e. The lowest BCUT2D eigenvalue weighted by Gasteiger charge is -2.38. The van der Waals surface area contributed by atoms with Gasteiger partial charge in [-0.25, -0.2) is 15.0 Å². The number of methoxy groups -OCH3 is 1. The van der Waals surface area contributed by atoms with Crippen molar-refractivity contribution < 1.29 is 14.0 Å². The molecule has 1 aliphatic carbocycles. The van der Waals surface area contributed by atoms with E-state index in [1.165, 1.54) is 18.6 Å². The molecule has 0 bridgehead atoms. The zero-order valence-corrected chi connectivity index (χ0v) is 23.0. The highest BCUT2D eigenvalue weighted by Gasteiger charge is 2.43. The van der Waals surface area contributed by atoms with Gasteiger partial charge in [-0.2, -0.15) is 15.5 Å². The van der Waals surface area contributed by atoms with Crippen LogP contribution in [0.25, 0.3) is 0 Å². The number of halogens is 1. The number of nitrogens with one attached hydrogen (secondary N) is 2. The van der Waals surface area contributed by atoms with Crippen LogP contribution in [0.15, 0.2) is 61.7 Å². The lowest BCUT2D eigenvalue weighted by Crippen LogP contribution is -2.50. The van der Waals surface area contributed by atoms with Crippen LogP contribution in [-0.2, 0) is 16.6 Å². The minimum absolute atomic E-state index is 0.0188. The average Bonchev–Trinajstić information content (AvgIpc) is 3.41. The van der Waals surface area contributed by atoms with Crippen molar-refractivity contribution in [1.29, 1.82) is 5.26 Å². The van der Waals surface area contributed by atoms with E-state index in [-0.39, 0.29) is 17.9 Å². The van der Waals surface area contributed by atoms with Gasteiger partial charge >= 0.3 is 0 Å². The maximum absolute atomic E-state index is 13.5.